The van der Waals surface area contributed by atoms with Crippen LogP contribution < -0.4 is 29.4 Å². The zero-order valence-electron chi connectivity index (χ0n) is 8.74. The molecule has 0 aromatic rings. The van der Waals surface area contributed by atoms with Gasteiger partial charge in [0.15, 0.2) is 0 Å². The maximum atomic E-state index is 8.88. The van der Waals surface area contributed by atoms with Gasteiger partial charge in [-0.15, -0.1) is 37.2 Å². The first-order valence-corrected chi connectivity index (χ1v) is 6.73. The number of rotatable bonds is 0. The van der Waals surface area contributed by atoms with Gasteiger partial charge in [-0.25, -0.2) is 4.57 Å². The number of hydrogen-bond donors (Lipinski definition) is 3. The van der Waals surface area contributed by atoms with Crippen LogP contribution in [0.1, 0.15) is 0 Å². The zero-order chi connectivity index (χ0) is 13.5. The van der Waals surface area contributed by atoms with E-state index in [-0.39, 0.29) is 71.9 Å². The molecule has 0 radical (unpaired) electrons. The fraction of sp³-hybridized carbons (Fsp3) is 0. The van der Waals surface area contributed by atoms with Crippen molar-refractivity contribution < 1.29 is 57.7 Å². The molecule has 0 saturated heterocycles. The molecule has 12 nitrogen and oxygen atoms in total. The molecule has 20 heavy (non-hydrogen) atoms. The van der Waals surface area contributed by atoms with E-state index in [1.165, 1.54) is 0 Å². The summed E-state index contributed by atoms with van der Waals surface area (Å²) in [6.07, 6.45) is 0. The third-order valence-electron chi connectivity index (χ3n) is 0. The van der Waals surface area contributed by atoms with Gasteiger partial charge in [-0.05, 0) is 0 Å². The van der Waals surface area contributed by atoms with E-state index in [9.17, 15) is 0 Å². The predicted octanol–water partition coefficient (Wildman–Crippen LogP) is -6.07. The minimum Gasteiger partial charge on any atom is -0.822 e. The van der Waals surface area contributed by atoms with E-state index in [4.69, 9.17) is 57.7 Å². The van der Waals surface area contributed by atoms with Crippen molar-refractivity contribution in [1.82, 2.24) is 0 Å². The van der Waals surface area contributed by atoms with Gasteiger partial charge in [0.25, 0.3) is 0 Å². The smallest absolute Gasteiger partial charge is 0.822 e. The van der Waals surface area contributed by atoms with Crippen molar-refractivity contribution in [3.8, 4) is 0 Å². The van der Waals surface area contributed by atoms with Crippen molar-refractivity contribution >= 4 is 95.4 Å². The van der Waals surface area contributed by atoms with Crippen LogP contribution in [0.25, 0.3) is 0 Å². The summed E-state index contributed by atoms with van der Waals surface area (Å²) in [5.74, 6) is 0. The number of halogens is 3. The molecule has 0 aromatic carbocycles. The SMILES string of the molecule is Cl.Cl.Cl.O=P(O)(O)O.O=P([O-])([O-])[O-].O=P([O-])([O-])[O-].[Al+3].[Al+3]. The molecule has 0 saturated carbocycles. The van der Waals surface area contributed by atoms with Crippen LogP contribution in [0.2, 0.25) is 0 Å². The van der Waals surface area contributed by atoms with Crippen LogP contribution >= 0.6 is 60.7 Å². The Hall–Kier alpha value is 2.26. The van der Waals surface area contributed by atoms with E-state index in [2.05, 4.69) is 0 Å². The van der Waals surface area contributed by atoms with E-state index < -0.39 is 23.5 Å². The van der Waals surface area contributed by atoms with E-state index in [0.717, 1.165) is 0 Å². The molecule has 0 heterocycles. The molecule has 0 fully saturated rings. The molecule has 0 spiro atoms. The summed E-state index contributed by atoms with van der Waals surface area (Å²) >= 11 is 0. The Morgan fingerprint density at radius 1 is 0.550 bits per heavy atom. The second-order valence-electron chi connectivity index (χ2n) is 1.41. The Bertz CT molecular complexity index is 218. The molecule has 0 unspecified atom stereocenters. The molecule has 0 rings (SSSR count). The summed E-state index contributed by atoms with van der Waals surface area (Å²) in [6.45, 7) is 0. The molecule has 0 amide bonds. The first-order valence-electron chi connectivity index (χ1n) is 2.24. The molecule has 0 aliphatic rings. The predicted molar refractivity (Wildman–Crippen MR) is 62.7 cm³/mol. The van der Waals surface area contributed by atoms with Gasteiger partial charge in [-0.1, -0.05) is 0 Å². The van der Waals surface area contributed by atoms with Gasteiger partial charge in [0, 0.05) is 0 Å². The van der Waals surface area contributed by atoms with Crippen molar-refractivity contribution in [2.75, 3.05) is 0 Å². The molecular formula is H6Al2Cl3O12P3. The molecule has 0 atom stereocenters. The minimum absolute atomic E-state index is 0. The molecule has 0 aliphatic heterocycles. The van der Waals surface area contributed by atoms with E-state index in [1.54, 1.807) is 0 Å². The Kier molecular flexibility index (Phi) is 52.6. The topological polar surface area (TPSA) is 250 Å². The van der Waals surface area contributed by atoms with Crippen LogP contribution in [-0.2, 0) is 13.7 Å². The minimum atomic E-state index is -5.39. The van der Waals surface area contributed by atoms with Crippen molar-refractivity contribution in [2.24, 2.45) is 0 Å². The Morgan fingerprint density at radius 2 is 0.550 bits per heavy atom. The third-order valence-corrected chi connectivity index (χ3v) is 0. The second-order valence-corrected chi connectivity index (χ2v) is 4.22. The van der Waals surface area contributed by atoms with Gasteiger partial charge in [-0.2, -0.15) is 15.6 Å². The van der Waals surface area contributed by atoms with Gasteiger partial charge >= 0.3 is 42.5 Å². The second kappa shape index (κ2) is 21.3. The largest absolute Gasteiger partial charge is 3.00 e. The standard InChI is InChI=1S/2Al.3ClH.3H3O4P/c;;;;;3*1-5(2,3)4/h;;3*1H;3*(H3,1,2,3,4)/q2*+3;;;;;;/p-6. The molecule has 0 aromatic heterocycles. The van der Waals surface area contributed by atoms with Gasteiger partial charge in [-0.3, -0.25) is 0 Å². The summed E-state index contributed by atoms with van der Waals surface area (Å²) in [7, 11) is -15.4. The maximum Gasteiger partial charge on any atom is 3.00 e. The van der Waals surface area contributed by atoms with Gasteiger partial charge in [0.05, 0.1) is 0 Å². The van der Waals surface area contributed by atoms with Crippen LogP contribution in [0.4, 0.5) is 0 Å². The summed E-state index contributed by atoms with van der Waals surface area (Å²) < 4.78 is 26.0. The monoisotopic (exact) mass is 450 g/mol. The van der Waals surface area contributed by atoms with Gasteiger partial charge < -0.3 is 53.2 Å². The maximum absolute atomic E-state index is 8.88. The molecule has 0 aliphatic carbocycles. The Balaban J connectivity index is -0.0000000160. The van der Waals surface area contributed by atoms with E-state index in [0.29, 0.717) is 0 Å². The first kappa shape index (κ1) is 49.5. The fourth-order valence-electron chi connectivity index (χ4n) is 0. The van der Waals surface area contributed by atoms with Gasteiger partial charge in [0.1, 0.15) is 0 Å². The normalized spacial score (nSPS) is 8.85. The molecule has 120 valence electrons. The first-order chi connectivity index (χ1) is 6.00. The van der Waals surface area contributed by atoms with Crippen LogP contribution in [0.15, 0.2) is 0 Å². The number of hydrogen-bond acceptors (Lipinski definition) is 9. The average molecular weight is 451 g/mol. The quantitative estimate of drug-likeness (QED) is 0.230. The number of phosphoric acid groups is 3. The molecule has 20 heteroatoms. The van der Waals surface area contributed by atoms with Crippen molar-refractivity contribution in [3.63, 3.8) is 0 Å². The molecular weight excluding hydrogens is 445 g/mol. The fourth-order valence-corrected chi connectivity index (χ4v) is 0. The summed E-state index contributed by atoms with van der Waals surface area (Å²) in [6, 6.07) is 0. The zero-order valence-corrected chi connectivity index (χ0v) is 16.2. The Labute approximate surface area is 152 Å². The van der Waals surface area contributed by atoms with Crippen LogP contribution in [0, 0.1) is 0 Å². The summed E-state index contributed by atoms with van der Waals surface area (Å²) in [5, 5.41) is 0. The van der Waals surface area contributed by atoms with Crippen molar-refractivity contribution in [1.29, 1.82) is 0 Å². The Morgan fingerprint density at radius 3 is 0.550 bits per heavy atom. The van der Waals surface area contributed by atoms with Crippen LogP contribution in [0.5, 0.6) is 0 Å². The third kappa shape index (κ3) is 1470. The summed E-state index contributed by atoms with van der Waals surface area (Å²) in [5.41, 5.74) is 0. The molecule has 3 N–H and O–H groups in total. The van der Waals surface area contributed by atoms with Crippen LogP contribution in [0.3, 0.4) is 0 Å². The summed E-state index contributed by atoms with van der Waals surface area (Å²) in [4.78, 5) is 72.9. The van der Waals surface area contributed by atoms with Crippen molar-refractivity contribution in [2.45, 2.75) is 0 Å². The molecule has 0 bridgehead atoms. The average Bonchev–Trinajstić information content (AvgIpc) is 1.41. The van der Waals surface area contributed by atoms with Crippen LogP contribution in [-0.4, -0.2) is 49.4 Å². The van der Waals surface area contributed by atoms with E-state index >= 15 is 0 Å². The van der Waals surface area contributed by atoms with Gasteiger partial charge in [0.2, 0.25) is 0 Å². The van der Waals surface area contributed by atoms with Crippen molar-refractivity contribution in [3.05, 3.63) is 0 Å². The van der Waals surface area contributed by atoms with E-state index in [1.807, 2.05) is 0 Å².